The van der Waals surface area contributed by atoms with Gasteiger partial charge in [0.15, 0.2) is 0 Å². The van der Waals surface area contributed by atoms with Crippen molar-refractivity contribution in [1.82, 2.24) is 0 Å². The van der Waals surface area contributed by atoms with Crippen LogP contribution in [0.2, 0.25) is 0 Å². The van der Waals surface area contributed by atoms with Crippen LogP contribution in [0.15, 0.2) is 54.6 Å². The van der Waals surface area contributed by atoms with Crippen LogP contribution in [-0.2, 0) is 0 Å². The summed E-state index contributed by atoms with van der Waals surface area (Å²) in [5.74, 6) is 1.21. The Kier molecular flexibility index (Phi) is 5.21. The SMILES string of the molecule is CC(C)COc1cccc(NC(=O)Nc2ccccc2)c1. The summed E-state index contributed by atoms with van der Waals surface area (Å²) in [6.07, 6.45) is 0. The van der Waals surface area contributed by atoms with Crippen LogP contribution in [0.25, 0.3) is 0 Å². The molecule has 4 heteroatoms. The Bertz CT molecular complexity index is 582. The van der Waals surface area contributed by atoms with Gasteiger partial charge in [-0.1, -0.05) is 38.1 Å². The lowest BCUT2D eigenvalue weighted by atomic mass is 10.2. The molecule has 2 amide bonds. The Morgan fingerprint density at radius 1 is 1.00 bits per heavy atom. The number of carbonyl (C=O) groups is 1. The molecule has 0 radical (unpaired) electrons. The lowest BCUT2D eigenvalue weighted by Crippen LogP contribution is -2.19. The van der Waals surface area contributed by atoms with E-state index >= 15 is 0 Å². The van der Waals surface area contributed by atoms with Crippen molar-refractivity contribution in [2.45, 2.75) is 13.8 Å². The van der Waals surface area contributed by atoms with Crippen LogP contribution in [0.4, 0.5) is 16.2 Å². The van der Waals surface area contributed by atoms with Crippen molar-refractivity contribution in [3.63, 3.8) is 0 Å². The minimum Gasteiger partial charge on any atom is -0.493 e. The zero-order valence-corrected chi connectivity index (χ0v) is 12.3. The van der Waals surface area contributed by atoms with Gasteiger partial charge in [0, 0.05) is 17.4 Å². The van der Waals surface area contributed by atoms with E-state index in [9.17, 15) is 4.79 Å². The summed E-state index contributed by atoms with van der Waals surface area (Å²) in [6, 6.07) is 16.4. The van der Waals surface area contributed by atoms with Crippen molar-refractivity contribution in [2.75, 3.05) is 17.2 Å². The van der Waals surface area contributed by atoms with Crippen LogP contribution < -0.4 is 15.4 Å². The van der Waals surface area contributed by atoms with Gasteiger partial charge in [-0.15, -0.1) is 0 Å². The zero-order valence-electron chi connectivity index (χ0n) is 12.3. The molecule has 0 aliphatic heterocycles. The lowest BCUT2D eigenvalue weighted by molar-refractivity contribution is 0.262. The molecular formula is C17H20N2O2. The van der Waals surface area contributed by atoms with Crippen LogP contribution >= 0.6 is 0 Å². The number of carbonyl (C=O) groups excluding carboxylic acids is 1. The van der Waals surface area contributed by atoms with Crippen molar-refractivity contribution in [3.8, 4) is 5.75 Å². The number of hydrogen-bond donors (Lipinski definition) is 2. The summed E-state index contributed by atoms with van der Waals surface area (Å²) in [6.45, 7) is 4.84. The number of nitrogens with one attached hydrogen (secondary N) is 2. The molecule has 21 heavy (non-hydrogen) atoms. The zero-order chi connectivity index (χ0) is 15.1. The third-order valence-electron chi connectivity index (χ3n) is 2.71. The highest BCUT2D eigenvalue weighted by atomic mass is 16.5. The molecule has 0 spiro atoms. The summed E-state index contributed by atoms with van der Waals surface area (Å²) >= 11 is 0. The highest BCUT2D eigenvalue weighted by Gasteiger charge is 2.04. The smallest absolute Gasteiger partial charge is 0.323 e. The Morgan fingerprint density at radius 2 is 1.67 bits per heavy atom. The first-order valence-electron chi connectivity index (χ1n) is 6.99. The summed E-state index contributed by atoms with van der Waals surface area (Å²) in [4.78, 5) is 11.9. The molecule has 2 rings (SSSR count). The fourth-order valence-corrected chi connectivity index (χ4v) is 1.74. The van der Waals surface area contributed by atoms with Gasteiger partial charge in [0.05, 0.1) is 6.61 Å². The first-order chi connectivity index (χ1) is 10.1. The van der Waals surface area contributed by atoms with E-state index in [0.717, 1.165) is 11.4 Å². The molecule has 2 aromatic rings. The summed E-state index contributed by atoms with van der Waals surface area (Å²) < 4.78 is 5.64. The van der Waals surface area contributed by atoms with E-state index in [4.69, 9.17) is 4.74 Å². The first-order valence-corrected chi connectivity index (χ1v) is 6.99. The molecular weight excluding hydrogens is 264 g/mol. The van der Waals surface area contributed by atoms with E-state index in [2.05, 4.69) is 24.5 Å². The van der Waals surface area contributed by atoms with Gasteiger partial charge in [-0.2, -0.15) is 0 Å². The average molecular weight is 284 g/mol. The molecule has 0 saturated heterocycles. The number of rotatable bonds is 5. The van der Waals surface area contributed by atoms with E-state index in [1.807, 2.05) is 54.6 Å². The second-order valence-electron chi connectivity index (χ2n) is 5.18. The van der Waals surface area contributed by atoms with E-state index in [-0.39, 0.29) is 6.03 Å². The Labute approximate surface area is 125 Å². The number of ether oxygens (including phenoxy) is 1. The first kappa shape index (κ1) is 14.9. The lowest BCUT2D eigenvalue weighted by Gasteiger charge is -2.11. The molecule has 0 aliphatic carbocycles. The molecule has 0 heterocycles. The number of benzene rings is 2. The Balaban J connectivity index is 1.93. The Hall–Kier alpha value is -2.49. The molecule has 0 fully saturated rings. The van der Waals surface area contributed by atoms with E-state index in [0.29, 0.717) is 18.2 Å². The number of para-hydroxylation sites is 1. The molecule has 4 nitrogen and oxygen atoms in total. The van der Waals surface area contributed by atoms with Gasteiger partial charge in [0.1, 0.15) is 5.75 Å². The van der Waals surface area contributed by atoms with Crippen molar-refractivity contribution in [3.05, 3.63) is 54.6 Å². The summed E-state index contributed by atoms with van der Waals surface area (Å²) in [5, 5.41) is 5.56. The fourth-order valence-electron chi connectivity index (χ4n) is 1.74. The average Bonchev–Trinajstić information content (AvgIpc) is 2.46. The molecule has 110 valence electrons. The van der Waals surface area contributed by atoms with Gasteiger partial charge in [-0.25, -0.2) is 4.79 Å². The van der Waals surface area contributed by atoms with Gasteiger partial charge in [0.2, 0.25) is 0 Å². The molecule has 2 N–H and O–H groups in total. The van der Waals surface area contributed by atoms with Gasteiger partial charge < -0.3 is 15.4 Å². The van der Waals surface area contributed by atoms with Crippen LogP contribution in [-0.4, -0.2) is 12.6 Å². The predicted octanol–water partition coefficient (Wildman–Crippen LogP) is 4.37. The highest BCUT2D eigenvalue weighted by molar-refractivity contribution is 5.99. The van der Waals surface area contributed by atoms with Crippen LogP contribution in [0.1, 0.15) is 13.8 Å². The maximum Gasteiger partial charge on any atom is 0.323 e. The normalized spacial score (nSPS) is 10.2. The van der Waals surface area contributed by atoms with Gasteiger partial charge in [-0.3, -0.25) is 0 Å². The summed E-state index contributed by atoms with van der Waals surface area (Å²) in [5.41, 5.74) is 1.45. The summed E-state index contributed by atoms with van der Waals surface area (Å²) in [7, 11) is 0. The third-order valence-corrected chi connectivity index (χ3v) is 2.71. The second-order valence-corrected chi connectivity index (χ2v) is 5.18. The number of amides is 2. The number of urea groups is 1. The second kappa shape index (κ2) is 7.33. The predicted molar refractivity (Wildman–Crippen MR) is 85.9 cm³/mol. The molecule has 0 bridgehead atoms. The monoisotopic (exact) mass is 284 g/mol. The van der Waals surface area contributed by atoms with Crippen molar-refractivity contribution >= 4 is 17.4 Å². The topological polar surface area (TPSA) is 50.4 Å². The van der Waals surface area contributed by atoms with Gasteiger partial charge >= 0.3 is 6.03 Å². The maximum absolute atomic E-state index is 11.9. The maximum atomic E-state index is 11.9. The minimum atomic E-state index is -0.276. The van der Waals surface area contributed by atoms with E-state index < -0.39 is 0 Å². The molecule has 0 saturated carbocycles. The standard InChI is InChI=1S/C17H20N2O2/c1-13(2)12-21-16-10-6-9-15(11-16)19-17(20)18-14-7-4-3-5-8-14/h3-11,13H,12H2,1-2H3,(H2,18,19,20). The third kappa shape index (κ3) is 5.18. The molecule has 2 aromatic carbocycles. The molecule has 0 atom stereocenters. The minimum absolute atomic E-state index is 0.276. The van der Waals surface area contributed by atoms with Crippen molar-refractivity contribution in [2.24, 2.45) is 5.92 Å². The van der Waals surface area contributed by atoms with Crippen LogP contribution in [0.3, 0.4) is 0 Å². The largest absolute Gasteiger partial charge is 0.493 e. The molecule has 0 aliphatic rings. The number of hydrogen-bond acceptors (Lipinski definition) is 2. The fraction of sp³-hybridized carbons (Fsp3) is 0.235. The molecule has 0 unspecified atom stereocenters. The van der Waals surface area contributed by atoms with Crippen molar-refractivity contribution < 1.29 is 9.53 Å². The van der Waals surface area contributed by atoms with Crippen LogP contribution in [0.5, 0.6) is 5.75 Å². The van der Waals surface area contributed by atoms with Crippen molar-refractivity contribution in [1.29, 1.82) is 0 Å². The van der Waals surface area contributed by atoms with Crippen LogP contribution in [0, 0.1) is 5.92 Å². The van der Waals surface area contributed by atoms with Gasteiger partial charge in [0.25, 0.3) is 0 Å². The Morgan fingerprint density at radius 3 is 2.38 bits per heavy atom. The van der Waals surface area contributed by atoms with Gasteiger partial charge in [-0.05, 0) is 30.2 Å². The van der Waals surface area contributed by atoms with E-state index in [1.165, 1.54) is 0 Å². The molecule has 0 aromatic heterocycles. The van der Waals surface area contributed by atoms with E-state index in [1.54, 1.807) is 0 Å². The number of anilines is 2. The quantitative estimate of drug-likeness (QED) is 0.856. The highest BCUT2D eigenvalue weighted by Crippen LogP contribution is 2.18.